The van der Waals surface area contributed by atoms with Crippen molar-refractivity contribution in [1.29, 1.82) is 0 Å². The average molecular weight is 430 g/mol. The number of benzene rings is 2. The summed E-state index contributed by atoms with van der Waals surface area (Å²) in [5.41, 5.74) is 1.62. The van der Waals surface area contributed by atoms with Crippen molar-refractivity contribution < 1.29 is 13.7 Å². The van der Waals surface area contributed by atoms with Gasteiger partial charge in [-0.1, -0.05) is 28.9 Å². The number of nitrogens with zero attached hydrogens (tertiary/aromatic N) is 4. The lowest BCUT2D eigenvalue weighted by molar-refractivity contribution is 0.188. The summed E-state index contributed by atoms with van der Waals surface area (Å²) in [6, 6.07) is 12.9. The van der Waals surface area contributed by atoms with Gasteiger partial charge in [0.2, 0.25) is 11.7 Å². The molecule has 1 aromatic heterocycles. The van der Waals surface area contributed by atoms with E-state index in [1.165, 1.54) is 12.1 Å². The number of nitrogens with one attached hydrogen (secondary N) is 1. The van der Waals surface area contributed by atoms with Gasteiger partial charge in [-0.05, 0) is 43.3 Å². The number of aromatic nitrogens is 2. The van der Waals surface area contributed by atoms with Crippen LogP contribution in [0.3, 0.4) is 0 Å². The summed E-state index contributed by atoms with van der Waals surface area (Å²) in [4.78, 5) is 20.9. The number of rotatable bonds is 4. The molecule has 0 spiro atoms. The molecule has 3 aromatic rings. The molecule has 1 N–H and O–H groups in total. The minimum Gasteiger partial charge on any atom is -0.367 e. The Morgan fingerprint density at radius 1 is 1.13 bits per heavy atom. The van der Waals surface area contributed by atoms with Gasteiger partial charge in [0.15, 0.2) is 0 Å². The Morgan fingerprint density at radius 2 is 1.83 bits per heavy atom. The highest BCUT2D eigenvalue weighted by Gasteiger charge is 2.25. The van der Waals surface area contributed by atoms with Gasteiger partial charge in [0.1, 0.15) is 11.9 Å². The van der Waals surface area contributed by atoms with Gasteiger partial charge in [0.25, 0.3) is 0 Å². The lowest BCUT2D eigenvalue weighted by Crippen LogP contribution is -2.52. The van der Waals surface area contributed by atoms with Crippen LogP contribution in [0.5, 0.6) is 0 Å². The number of hydrogen-bond donors (Lipinski definition) is 1. The molecule has 2 aromatic carbocycles. The molecule has 0 radical (unpaired) electrons. The third-order valence-corrected chi connectivity index (χ3v) is 5.33. The average Bonchev–Trinajstić information content (AvgIpc) is 3.25. The van der Waals surface area contributed by atoms with Crippen LogP contribution in [0.15, 0.2) is 53.1 Å². The third kappa shape index (κ3) is 4.38. The molecule has 0 saturated carbocycles. The van der Waals surface area contributed by atoms with Crippen molar-refractivity contribution in [3.8, 4) is 11.4 Å². The Bertz CT molecular complexity index is 1020. The molecule has 156 valence electrons. The predicted molar refractivity (Wildman–Crippen MR) is 112 cm³/mol. The normalized spacial score (nSPS) is 15.2. The first-order chi connectivity index (χ1) is 14.5. The monoisotopic (exact) mass is 429 g/mol. The predicted octanol–water partition coefficient (Wildman–Crippen LogP) is 4.12. The van der Waals surface area contributed by atoms with E-state index in [0.717, 1.165) is 5.69 Å². The largest absolute Gasteiger partial charge is 0.367 e. The Morgan fingerprint density at radius 3 is 2.53 bits per heavy atom. The van der Waals surface area contributed by atoms with E-state index in [1.807, 2.05) is 24.3 Å². The van der Waals surface area contributed by atoms with Gasteiger partial charge >= 0.3 is 6.03 Å². The topological polar surface area (TPSA) is 74.5 Å². The van der Waals surface area contributed by atoms with E-state index in [-0.39, 0.29) is 17.7 Å². The van der Waals surface area contributed by atoms with Gasteiger partial charge in [0, 0.05) is 31.7 Å². The van der Waals surface area contributed by atoms with Gasteiger partial charge in [-0.15, -0.1) is 0 Å². The molecule has 1 fully saturated rings. The standard InChI is InChI=1S/C21H21ClFN5O2/c1-14(20-25-19(26-30-20)15-6-8-16(23)9-7-15)24-21(29)28-12-10-27(11-13-28)18-5-3-2-4-17(18)22/h2-9,14H,10-13H2,1H3,(H,24,29). The molecule has 0 bridgehead atoms. The van der Waals surface area contributed by atoms with E-state index in [0.29, 0.717) is 42.6 Å². The van der Waals surface area contributed by atoms with Crippen LogP contribution in [-0.4, -0.2) is 47.3 Å². The van der Waals surface area contributed by atoms with Crippen molar-refractivity contribution in [2.45, 2.75) is 13.0 Å². The maximum Gasteiger partial charge on any atom is 0.318 e. The number of carbonyl (C=O) groups excluding carboxylic acids is 1. The maximum absolute atomic E-state index is 13.1. The van der Waals surface area contributed by atoms with Gasteiger partial charge < -0.3 is 19.6 Å². The van der Waals surface area contributed by atoms with Crippen LogP contribution in [-0.2, 0) is 0 Å². The van der Waals surface area contributed by atoms with Gasteiger partial charge in [-0.3, -0.25) is 0 Å². The second kappa shape index (κ2) is 8.71. The third-order valence-electron chi connectivity index (χ3n) is 5.01. The van der Waals surface area contributed by atoms with Crippen LogP contribution in [0, 0.1) is 5.82 Å². The highest BCUT2D eigenvalue weighted by atomic mass is 35.5. The van der Waals surface area contributed by atoms with Crippen molar-refractivity contribution in [2.75, 3.05) is 31.1 Å². The zero-order valence-electron chi connectivity index (χ0n) is 16.4. The summed E-state index contributed by atoms with van der Waals surface area (Å²) in [5, 5.41) is 7.51. The first-order valence-corrected chi connectivity index (χ1v) is 10.0. The fourth-order valence-corrected chi connectivity index (χ4v) is 3.58. The lowest BCUT2D eigenvalue weighted by atomic mass is 10.2. The van der Waals surface area contributed by atoms with Crippen molar-refractivity contribution in [3.63, 3.8) is 0 Å². The Kier molecular flexibility index (Phi) is 5.85. The Labute approximate surface area is 178 Å². The fraction of sp³-hybridized carbons (Fsp3) is 0.286. The number of carbonyl (C=O) groups is 1. The van der Waals surface area contributed by atoms with E-state index in [4.69, 9.17) is 16.1 Å². The van der Waals surface area contributed by atoms with Crippen LogP contribution < -0.4 is 10.2 Å². The van der Waals surface area contributed by atoms with E-state index in [1.54, 1.807) is 24.0 Å². The van der Waals surface area contributed by atoms with Crippen LogP contribution in [0.2, 0.25) is 5.02 Å². The molecule has 4 rings (SSSR count). The van der Waals surface area contributed by atoms with Crippen molar-refractivity contribution in [2.24, 2.45) is 0 Å². The molecule has 30 heavy (non-hydrogen) atoms. The highest BCUT2D eigenvalue weighted by molar-refractivity contribution is 6.33. The molecule has 7 nitrogen and oxygen atoms in total. The lowest BCUT2D eigenvalue weighted by Gasteiger charge is -2.36. The zero-order chi connectivity index (χ0) is 21.1. The second-order valence-corrected chi connectivity index (χ2v) is 7.47. The molecular formula is C21H21ClFN5O2. The number of amides is 2. The number of anilines is 1. The Balaban J connectivity index is 1.33. The SMILES string of the molecule is CC(NC(=O)N1CCN(c2ccccc2Cl)CC1)c1nc(-c2ccc(F)cc2)no1. The molecule has 1 aliphatic heterocycles. The smallest absolute Gasteiger partial charge is 0.318 e. The number of halogens is 2. The minimum absolute atomic E-state index is 0.192. The van der Waals surface area contributed by atoms with Gasteiger partial charge in [0.05, 0.1) is 10.7 Å². The summed E-state index contributed by atoms with van der Waals surface area (Å²) in [6.07, 6.45) is 0. The summed E-state index contributed by atoms with van der Waals surface area (Å²) < 4.78 is 18.3. The van der Waals surface area contributed by atoms with E-state index < -0.39 is 6.04 Å². The van der Waals surface area contributed by atoms with Crippen LogP contribution >= 0.6 is 11.6 Å². The van der Waals surface area contributed by atoms with Gasteiger partial charge in [-0.25, -0.2) is 9.18 Å². The number of hydrogen-bond acceptors (Lipinski definition) is 5. The molecule has 1 atom stereocenters. The fourth-order valence-electron chi connectivity index (χ4n) is 3.32. The molecule has 1 unspecified atom stereocenters. The minimum atomic E-state index is -0.458. The molecule has 2 heterocycles. The molecule has 1 saturated heterocycles. The molecule has 2 amide bonds. The summed E-state index contributed by atoms with van der Waals surface area (Å²) in [5.74, 6) is 0.301. The van der Waals surface area contributed by atoms with Crippen molar-refractivity contribution in [3.05, 3.63) is 65.3 Å². The summed E-state index contributed by atoms with van der Waals surface area (Å²) >= 11 is 6.27. The number of para-hydroxylation sites is 1. The Hall–Kier alpha value is -3.13. The summed E-state index contributed by atoms with van der Waals surface area (Å²) in [6.45, 7) is 4.32. The van der Waals surface area contributed by atoms with E-state index >= 15 is 0 Å². The van der Waals surface area contributed by atoms with Crippen molar-refractivity contribution in [1.82, 2.24) is 20.4 Å². The van der Waals surface area contributed by atoms with E-state index in [2.05, 4.69) is 20.4 Å². The van der Waals surface area contributed by atoms with E-state index in [9.17, 15) is 9.18 Å². The zero-order valence-corrected chi connectivity index (χ0v) is 17.1. The van der Waals surface area contributed by atoms with Crippen LogP contribution in [0.4, 0.5) is 14.9 Å². The maximum atomic E-state index is 13.1. The van der Waals surface area contributed by atoms with Crippen LogP contribution in [0.1, 0.15) is 18.9 Å². The number of piperazine rings is 1. The van der Waals surface area contributed by atoms with Crippen LogP contribution in [0.25, 0.3) is 11.4 Å². The first-order valence-electron chi connectivity index (χ1n) is 9.66. The molecule has 1 aliphatic rings. The number of urea groups is 1. The summed E-state index contributed by atoms with van der Waals surface area (Å²) in [7, 11) is 0. The van der Waals surface area contributed by atoms with Gasteiger partial charge in [-0.2, -0.15) is 4.98 Å². The molecular weight excluding hydrogens is 409 g/mol. The van der Waals surface area contributed by atoms with Crippen molar-refractivity contribution >= 4 is 23.3 Å². The molecule has 0 aliphatic carbocycles. The first kappa shape index (κ1) is 20.2. The highest BCUT2D eigenvalue weighted by Crippen LogP contribution is 2.26. The second-order valence-electron chi connectivity index (χ2n) is 7.06. The molecule has 9 heteroatoms. The quantitative estimate of drug-likeness (QED) is 0.675.